The maximum atomic E-state index is 11.9. The van der Waals surface area contributed by atoms with Crippen molar-refractivity contribution in [1.82, 2.24) is 10.6 Å². The van der Waals surface area contributed by atoms with Crippen LogP contribution in [0, 0.1) is 0 Å². The van der Waals surface area contributed by atoms with Crippen LogP contribution in [0.25, 0.3) is 0 Å². The Morgan fingerprint density at radius 2 is 1.80 bits per heavy atom. The van der Waals surface area contributed by atoms with E-state index in [9.17, 15) is 9.59 Å². The fraction of sp³-hybridized carbons (Fsp3) is 0.533. The number of benzene rings is 1. The van der Waals surface area contributed by atoms with Gasteiger partial charge in [-0.3, -0.25) is 4.79 Å². The number of hydrogen-bond acceptors (Lipinski definition) is 3. The van der Waals surface area contributed by atoms with E-state index in [1.807, 2.05) is 25.2 Å². The number of carbonyl (C=O) groups excluding carboxylic acids is 1. The summed E-state index contributed by atoms with van der Waals surface area (Å²) in [4.78, 5) is 21.9. The summed E-state index contributed by atoms with van der Waals surface area (Å²) >= 11 is 0. The first-order valence-electron chi connectivity index (χ1n) is 7.15. The zero-order valence-electron chi connectivity index (χ0n) is 12.9. The van der Waals surface area contributed by atoms with Gasteiger partial charge in [0.1, 0.15) is 0 Å². The minimum Gasteiger partial charge on any atom is -0.428 e. The molecule has 0 aliphatic carbocycles. The second-order valence-electron chi connectivity index (χ2n) is 5.85. The standard InChI is InChI=1S/C15H26N2O2Si/c1-12(2)16-10-5-11-17-15(18)13-6-8-14(9-7-13)20(3,4)19/h6-9,12,16,19H,5,10-11H2,1-4H3,(H,17,18). The van der Waals surface area contributed by atoms with Gasteiger partial charge in [-0.1, -0.05) is 26.0 Å². The number of rotatable bonds is 7. The van der Waals surface area contributed by atoms with Crippen LogP contribution >= 0.6 is 0 Å². The highest BCUT2D eigenvalue weighted by Gasteiger charge is 2.19. The third-order valence-electron chi connectivity index (χ3n) is 3.05. The van der Waals surface area contributed by atoms with Gasteiger partial charge in [0.2, 0.25) is 8.32 Å². The molecule has 0 fully saturated rings. The molecule has 0 aliphatic heterocycles. The molecule has 0 heterocycles. The average molecular weight is 294 g/mol. The van der Waals surface area contributed by atoms with Crippen molar-refractivity contribution in [2.24, 2.45) is 0 Å². The Kier molecular flexibility index (Phi) is 6.39. The fourth-order valence-corrected chi connectivity index (χ4v) is 2.79. The molecular weight excluding hydrogens is 268 g/mol. The van der Waals surface area contributed by atoms with Crippen LogP contribution in [0.4, 0.5) is 0 Å². The molecule has 0 radical (unpaired) electrons. The molecule has 1 amide bonds. The Hall–Kier alpha value is -1.17. The minimum absolute atomic E-state index is 0.0569. The van der Waals surface area contributed by atoms with Crippen molar-refractivity contribution >= 4 is 19.4 Å². The second kappa shape index (κ2) is 7.57. The van der Waals surface area contributed by atoms with Crippen LogP contribution in [0.2, 0.25) is 13.1 Å². The van der Waals surface area contributed by atoms with Gasteiger partial charge in [0.25, 0.3) is 5.91 Å². The van der Waals surface area contributed by atoms with Crippen molar-refractivity contribution < 1.29 is 9.59 Å². The van der Waals surface area contributed by atoms with Gasteiger partial charge in [-0.15, -0.1) is 0 Å². The van der Waals surface area contributed by atoms with Gasteiger partial charge < -0.3 is 15.4 Å². The largest absolute Gasteiger partial charge is 0.428 e. The Bertz CT molecular complexity index is 424. The normalized spacial score (nSPS) is 11.7. The van der Waals surface area contributed by atoms with Crippen molar-refractivity contribution in [3.63, 3.8) is 0 Å². The first-order chi connectivity index (χ1) is 9.30. The topological polar surface area (TPSA) is 61.4 Å². The highest BCUT2D eigenvalue weighted by molar-refractivity contribution is 6.83. The molecule has 20 heavy (non-hydrogen) atoms. The third kappa shape index (κ3) is 5.86. The number of hydrogen-bond donors (Lipinski definition) is 3. The lowest BCUT2D eigenvalue weighted by Gasteiger charge is -2.14. The third-order valence-corrected chi connectivity index (χ3v) is 4.79. The molecule has 1 aromatic carbocycles. The van der Waals surface area contributed by atoms with Crippen molar-refractivity contribution in [2.75, 3.05) is 13.1 Å². The van der Waals surface area contributed by atoms with Crippen molar-refractivity contribution in [3.05, 3.63) is 29.8 Å². The van der Waals surface area contributed by atoms with Gasteiger partial charge in [0, 0.05) is 18.2 Å². The summed E-state index contributed by atoms with van der Waals surface area (Å²) in [6.07, 6.45) is 0.915. The van der Waals surface area contributed by atoms with Crippen LogP contribution < -0.4 is 15.8 Å². The molecule has 112 valence electrons. The smallest absolute Gasteiger partial charge is 0.251 e. The molecule has 0 saturated heterocycles. The molecule has 1 rings (SSSR count). The zero-order chi connectivity index (χ0) is 15.2. The first-order valence-corrected chi connectivity index (χ1v) is 10.1. The maximum absolute atomic E-state index is 11.9. The highest BCUT2D eigenvalue weighted by Crippen LogP contribution is 2.02. The number of carbonyl (C=O) groups is 1. The SMILES string of the molecule is CC(C)NCCCNC(=O)c1ccc([Si](C)(C)O)cc1. The van der Waals surface area contributed by atoms with Crippen LogP contribution in [0.1, 0.15) is 30.6 Å². The first kappa shape index (κ1) is 16.9. The number of amides is 1. The molecule has 1 aromatic rings. The average Bonchev–Trinajstić information content (AvgIpc) is 2.37. The monoisotopic (exact) mass is 294 g/mol. The Morgan fingerprint density at radius 3 is 2.30 bits per heavy atom. The molecule has 3 N–H and O–H groups in total. The van der Waals surface area contributed by atoms with Gasteiger partial charge in [-0.2, -0.15) is 0 Å². The lowest BCUT2D eigenvalue weighted by Crippen LogP contribution is -2.41. The molecule has 0 saturated carbocycles. The predicted molar refractivity (Wildman–Crippen MR) is 85.9 cm³/mol. The van der Waals surface area contributed by atoms with E-state index in [2.05, 4.69) is 24.5 Å². The van der Waals surface area contributed by atoms with Crippen molar-refractivity contribution in [2.45, 2.75) is 39.4 Å². The Morgan fingerprint density at radius 1 is 1.20 bits per heavy atom. The van der Waals surface area contributed by atoms with E-state index in [-0.39, 0.29) is 5.91 Å². The van der Waals surface area contributed by atoms with E-state index in [4.69, 9.17) is 0 Å². The van der Waals surface area contributed by atoms with Gasteiger partial charge in [0.15, 0.2) is 0 Å². The van der Waals surface area contributed by atoms with Gasteiger partial charge in [0.05, 0.1) is 0 Å². The van der Waals surface area contributed by atoms with Crippen molar-refractivity contribution in [1.29, 1.82) is 0 Å². The van der Waals surface area contributed by atoms with E-state index < -0.39 is 8.32 Å². The quantitative estimate of drug-likeness (QED) is 0.523. The van der Waals surface area contributed by atoms with Gasteiger partial charge in [-0.25, -0.2) is 0 Å². The highest BCUT2D eigenvalue weighted by atomic mass is 28.4. The van der Waals surface area contributed by atoms with Crippen LogP contribution in [-0.4, -0.2) is 38.2 Å². The van der Waals surface area contributed by atoms with E-state index in [0.717, 1.165) is 18.2 Å². The number of nitrogens with one attached hydrogen (secondary N) is 2. The molecule has 4 nitrogen and oxygen atoms in total. The second-order valence-corrected chi connectivity index (χ2v) is 9.55. The van der Waals surface area contributed by atoms with E-state index in [0.29, 0.717) is 18.2 Å². The summed E-state index contributed by atoms with van der Waals surface area (Å²) in [6, 6.07) is 7.73. The Labute approximate surface area is 122 Å². The molecular formula is C15H26N2O2Si. The van der Waals surface area contributed by atoms with Gasteiger partial charge in [-0.05, 0) is 43.4 Å². The molecule has 0 bridgehead atoms. The van der Waals surface area contributed by atoms with Crippen LogP contribution in [0.3, 0.4) is 0 Å². The van der Waals surface area contributed by atoms with Crippen LogP contribution in [0.5, 0.6) is 0 Å². The fourth-order valence-electron chi connectivity index (χ4n) is 1.81. The van der Waals surface area contributed by atoms with Crippen LogP contribution in [-0.2, 0) is 0 Å². The van der Waals surface area contributed by atoms with E-state index in [1.54, 1.807) is 12.1 Å². The summed E-state index contributed by atoms with van der Waals surface area (Å²) in [5, 5.41) is 7.15. The van der Waals surface area contributed by atoms with E-state index >= 15 is 0 Å². The molecule has 0 atom stereocenters. The summed E-state index contributed by atoms with van der Waals surface area (Å²) in [7, 11) is -2.28. The van der Waals surface area contributed by atoms with Gasteiger partial charge >= 0.3 is 0 Å². The van der Waals surface area contributed by atoms with E-state index in [1.165, 1.54) is 0 Å². The summed E-state index contributed by atoms with van der Waals surface area (Å²) in [5.74, 6) is -0.0569. The lowest BCUT2D eigenvalue weighted by molar-refractivity contribution is 0.0953. The predicted octanol–water partition coefficient (Wildman–Crippen LogP) is 1.21. The minimum atomic E-state index is -2.28. The molecule has 0 spiro atoms. The molecule has 0 aliphatic rings. The van der Waals surface area contributed by atoms with Crippen molar-refractivity contribution in [3.8, 4) is 0 Å². The summed E-state index contributed by atoms with van der Waals surface area (Å²) in [6.45, 7) is 9.51. The lowest BCUT2D eigenvalue weighted by atomic mass is 10.2. The summed E-state index contributed by atoms with van der Waals surface area (Å²) in [5.41, 5.74) is 0.642. The van der Waals surface area contributed by atoms with Crippen LogP contribution in [0.15, 0.2) is 24.3 Å². The summed E-state index contributed by atoms with van der Waals surface area (Å²) < 4.78 is 0. The molecule has 0 unspecified atom stereocenters. The molecule has 0 aromatic heterocycles. The maximum Gasteiger partial charge on any atom is 0.251 e. The Balaban J connectivity index is 2.40. The molecule has 5 heteroatoms. The zero-order valence-corrected chi connectivity index (χ0v) is 13.9.